The molecule has 0 aliphatic heterocycles. The maximum atomic E-state index is 11.1. The Labute approximate surface area is 169 Å². The van der Waals surface area contributed by atoms with Crippen molar-refractivity contribution in [2.45, 2.75) is 19.1 Å². The van der Waals surface area contributed by atoms with Gasteiger partial charge in [0.1, 0.15) is 12.4 Å². The zero-order chi connectivity index (χ0) is 21.4. The van der Waals surface area contributed by atoms with Crippen LogP contribution in [0, 0.1) is 0 Å². The SMILES string of the molecule is CCOc1ccc(C(O)C(CO)Oc2c(OC)cc(C=O)cc2OC)cc1OC. The summed E-state index contributed by atoms with van der Waals surface area (Å²) in [4.78, 5) is 11.1. The number of aliphatic hydroxyl groups excluding tert-OH is 2. The lowest BCUT2D eigenvalue weighted by atomic mass is 10.0. The number of hydrogen-bond acceptors (Lipinski definition) is 8. The highest BCUT2D eigenvalue weighted by molar-refractivity contribution is 5.78. The monoisotopic (exact) mass is 406 g/mol. The Morgan fingerprint density at radius 3 is 2.07 bits per heavy atom. The third-order valence-electron chi connectivity index (χ3n) is 4.25. The molecule has 2 aromatic rings. The maximum absolute atomic E-state index is 11.1. The Bertz CT molecular complexity index is 795. The van der Waals surface area contributed by atoms with Gasteiger partial charge in [0.2, 0.25) is 5.75 Å². The van der Waals surface area contributed by atoms with Gasteiger partial charge in [-0.25, -0.2) is 0 Å². The van der Waals surface area contributed by atoms with Gasteiger partial charge in [0.05, 0.1) is 34.5 Å². The molecule has 0 fully saturated rings. The molecule has 2 rings (SSSR count). The quantitative estimate of drug-likeness (QED) is 0.549. The van der Waals surface area contributed by atoms with Gasteiger partial charge in [0.15, 0.2) is 29.1 Å². The van der Waals surface area contributed by atoms with Gasteiger partial charge < -0.3 is 33.9 Å². The fourth-order valence-electron chi connectivity index (χ4n) is 2.79. The standard InChI is InChI=1S/C21H26O8/c1-5-28-15-7-6-14(10-16(15)25-2)20(24)19(12-23)29-21-17(26-3)8-13(11-22)9-18(21)27-4/h6-11,19-20,23-24H,5,12H2,1-4H3. The van der Waals surface area contributed by atoms with Gasteiger partial charge in [0.25, 0.3) is 0 Å². The number of benzene rings is 2. The summed E-state index contributed by atoms with van der Waals surface area (Å²) in [6.45, 7) is 1.84. The van der Waals surface area contributed by atoms with Crippen LogP contribution in [0.5, 0.6) is 28.7 Å². The Morgan fingerprint density at radius 2 is 1.59 bits per heavy atom. The molecule has 0 saturated carbocycles. The normalized spacial score (nSPS) is 12.6. The average molecular weight is 406 g/mol. The van der Waals surface area contributed by atoms with E-state index in [1.165, 1.54) is 33.5 Å². The van der Waals surface area contributed by atoms with Crippen LogP contribution in [0.1, 0.15) is 28.9 Å². The lowest BCUT2D eigenvalue weighted by molar-refractivity contribution is -0.00176. The van der Waals surface area contributed by atoms with E-state index >= 15 is 0 Å². The highest BCUT2D eigenvalue weighted by Crippen LogP contribution is 2.40. The molecule has 0 amide bonds. The molecule has 0 bridgehead atoms. The van der Waals surface area contributed by atoms with E-state index < -0.39 is 18.8 Å². The van der Waals surface area contributed by atoms with Crippen LogP contribution in [0.4, 0.5) is 0 Å². The number of carbonyl (C=O) groups is 1. The summed E-state index contributed by atoms with van der Waals surface area (Å²) >= 11 is 0. The number of ether oxygens (including phenoxy) is 5. The van der Waals surface area contributed by atoms with Gasteiger partial charge in [-0.2, -0.15) is 0 Å². The minimum atomic E-state index is -1.19. The molecular weight excluding hydrogens is 380 g/mol. The van der Waals surface area contributed by atoms with Crippen molar-refractivity contribution in [3.8, 4) is 28.7 Å². The topological polar surface area (TPSA) is 104 Å². The summed E-state index contributed by atoms with van der Waals surface area (Å²) in [5, 5.41) is 20.6. The largest absolute Gasteiger partial charge is 0.493 e. The van der Waals surface area contributed by atoms with Crippen molar-refractivity contribution in [2.24, 2.45) is 0 Å². The summed E-state index contributed by atoms with van der Waals surface area (Å²) in [5.74, 6) is 1.63. The zero-order valence-electron chi connectivity index (χ0n) is 16.9. The number of aliphatic hydroxyl groups is 2. The first kappa shape index (κ1) is 22.3. The molecule has 29 heavy (non-hydrogen) atoms. The van der Waals surface area contributed by atoms with E-state index in [1.54, 1.807) is 18.2 Å². The third kappa shape index (κ3) is 5.10. The van der Waals surface area contributed by atoms with Crippen LogP contribution in [0.25, 0.3) is 0 Å². The molecule has 8 nitrogen and oxygen atoms in total. The van der Waals surface area contributed by atoms with Crippen LogP contribution < -0.4 is 23.7 Å². The number of aldehydes is 1. The van der Waals surface area contributed by atoms with Gasteiger partial charge >= 0.3 is 0 Å². The van der Waals surface area contributed by atoms with Crippen molar-refractivity contribution in [1.82, 2.24) is 0 Å². The molecule has 2 N–H and O–H groups in total. The average Bonchev–Trinajstić information content (AvgIpc) is 2.76. The minimum absolute atomic E-state index is 0.164. The van der Waals surface area contributed by atoms with Crippen molar-refractivity contribution < 1.29 is 38.7 Å². The number of carbonyl (C=O) groups excluding carboxylic acids is 1. The molecule has 0 aliphatic carbocycles. The van der Waals surface area contributed by atoms with Crippen LogP contribution in [0.2, 0.25) is 0 Å². The Hall–Kier alpha value is -2.97. The Morgan fingerprint density at radius 1 is 0.966 bits per heavy atom. The minimum Gasteiger partial charge on any atom is -0.493 e. The second kappa shape index (κ2) is 10.5. The van der Waals surface area contributed by atoms with E-state index in [0.717, 1.165) is 0 Å². The second-order valence-corrected chi connectivity index (χ2v) is 6.00. The van der Waals surface area contributed by atoms with Gasteiger partial charge in [-0.05, 0) is 36.8 Å². The smallest absolute Gasteiger partial charge is 0.204 e. The van der Waals surface area contributed by atoms with Gasteiger partial charge in [-0.3, -0.25) is 4.79 Å². The molecule has 2 aromatic carbocycles. The van der Waals surface area contributed by atoms with Crippen LogP contribution in [-0.4, -0.2) is 57.1 Å². The fraction of sp³-hybridized carbons (Fsp3) is 0.381. The highest BCUT2D eigenvalue weighted by Gasteiger charge is 2.27. The van der Waals surface area contributed by atoms with E-state index in [9.17, 15) is 15.0 Å². The summed E-state index contributed by atoms with van der Waals surface area (Å²) < 4.78 is 27.2. The van der Waals surface area contributed by atoms with Crippen molar-refractivity contribution in [3.05, 3.63) is 41.5 Å². The summed E-state index contributed by atoms with van der Waals surface area (Å²) in [6.07, 6.45) is -1.58. The zero-order valence-corrected chi connectivity index (χ0v) is 16.9. The van der Waals surface area contributed by atoms with E-state index in [4.69, 9.17) is 23.7 Å². The summed E-state index contributed by atoms with van der Waals surface area (Å²) in [7, 11) is 4.33. The van der Waals surface area contributed by atoms with Crippen LogP contribution in [0.3, 0.4) is 0 Å². The van der Waals surface area contributed by atoms with Crippen molar-refractivity contribution in [3.63, 3.8) is 0 Å². The van der Waals surface area contributed by atoms with E-state index in [-0.39, 0.29) is 17.2 Å². The number of rotatable bonds is 11. The molecule has 0 heterocycles. The summed E-state index contributed by atoms with van der Waals surface area (Å²) in [6, 6.07) is 7.91. The Kier molecular flexibility index (Phi) is 8.11. The predicted octanol–water partition coefficient (Wildman–Crippen LogP) is 2.40. The lowest BCUT2D eigenvalue weighted by Crippen LogP contribution is -2.29. The number of methoxy groups -OCH3 is 3. The molecular formula is C21H26O8. The lowest BCUT2D eigenvalue weighted by Gasteiger charge is -2.25. The fourth-order valence-corrected chi connectivity index (χ4v) is 2.79. The van der Waals surface area contributed by atoms with E-state index in [2.05, 4.69) is 0 Å². The van der Waals surface area contributed by atoms with Crippen molar-refractivity contribution in [1.29, 1.82) is 0 Å². The first-order valence-electron chi connectivity index (χ1n) is 9.00. The van der Waals surface area contributed by atoms with E-state index in [0.29, 0.717) is 35.5 Å². The van der Waals surface area contributed by atoms with Gasteiger partial charge in [-0.15, -0.1) is 0 Å². The van der Waals surface area contributed by atoms with Gasteiger partial charge in [-0.1, -0.05) is 6.07 Å². The molecule has 2 atom stereocenters. The summed E-state index contributed by atoms with van der Waals surface area (Å²) in [5.41, 5.74) is 0.801. The first-order chi connectivity index (χ1) is 14.0. The van der Waals surface area contributed by atoms with Crippen LogP contribution in [-0.2, 0) is 0 Å². The molecule has 2 unspecified atom stereocenters. The molecule has 8 heteroatoms. The van der Waals surface area contributed by atoms with Crippen LogP contribution >= 0.6 is 0 Å². The molecule has 0 spiro atoms. The van der Waals surface area contributed by atoms with Gasteiger partial charge in [0, 0.05) is 5.56 Å². The molecule has 0 aliphatic rings. The molecule has 0 radical (unpaired) electrons. The third-order valence-corrected chi connectivity index (χ3v) is 4.25. The second-order valence-electron chi connectivity index (χ2n) is 6.00. The maximum Gasteiger partial charge on any atom is 0.204 e. The van der Waals surface area contributed by atoms with E-state index in [1.807, 2.05) is 6.92 Å². The highest BCUT2D eigenvalue weighted by atomic mass is 16.6. The number of hydrogen-bond donors (Lipinski definition) is 2. The Balaban J connectivity index is 2.36. The first-order valence-corrected chi connectivity index (χ1v) is 9.00. The molecule has 0 saturated heterocycles. The molecule has 0 aromatic heterocycles. The predicted molar refractivity (Wildman–Crippen MR) is 106 cm³/mol. The molecule has 158 valence electrons. The van der Waals surface area contributed by atoms with Crippen LogP contribution in [0.15, 0.2) is 30.3 Å². The van der Waals surface area contributed by atoms with Crippen molar-refractivity contribution >= 4 is 6.29 Å². The van der Waals surface area contributed by atoms with Crippen molar-refractivity contribution in [2.75, 3.05) is 34.5 Å².